The Morgan fingerprint density at radius 3 is 2.50 bits per heavy atom. The molecule has 11 heteroatoms. The molecule has 0 radical (unpaired) electrons. The van der Waals surface area contributed by atoms with E-state index in [0.29, 0.717) is 17.2 Å². The summed E-state index contributed by atoms with van der Waals surface area (Å²) in [7, 11) is -4.34. The fraction of sp³-hybridized carbons (Fsp3) is 0.529. The van der Waals surface area contributed by atoms with Crippen LogP contribution in [0.3, 0.4) is 0 Å². The monoisotopic (exact) mass is 431 g/mol. The average Bonchev–Trinajstić information content (AvgIpc) is 3.02. The second-order valence-electron chi connectivity index (χ2n) is 7.29. The second kappa shape index (κ2) is 9.12. The van der Waals surface area contributed by atoms with Gasteiger partial charge in [-0.2, -0.15) is 8.42 Å². The topological polar surface area (TPSA) is 137 Å². The maximum atomic E-state index is 12.2. The zero-order chi connectivity index (χ0) is 20.9. The first-order valence-electron chi connectivity index (χ1n) is 8.60. The van der Waals surface area contributed by atoms with Crippen LogP contribution in [0.5, 0.6) is 0 Å². The lowest BCUT2D eigenvalue weighted by Gasteiger charge is -2.23. The number of nitrogens with one attached hydrogen (secondary N) is 2. The molecule has 0 fully saturated rings. The summed E-state index contributed by atoms with van der Waals surface area (Å²) < 4.78 is 37.9. The summed E-state index contributed by atoms with van der Waals surface area (Å²) in [4.78, 5) is 16.7. The number of amides is 1. The van der Waals surface area contributed by atoms with Crippen LogP contribution in [0.25, 0.3) is 0 Å². The summed E-state index contributed by atoms with van der Waals surface area (Å²) in [6.45, 7) is 5.25. The molecule has 0 spiro atoms. The molecule has 0 saturated heterocycles. The van der Waals surface area contributed by atoms with Crippen LogP contribution in [0.15, 0.2) is 29.3 Å². The van der Waals surface area contributed by atoms with Gasteiger partial charge < -0.3 is 15.2 Å². The molecule has 2 rings (SSSR count). The minimum atomic E-state index is -4.34. The summed E-state index contributed by atoms with van der Waals surface area (Å²) in [6, 6.07) is 5.73. The first-order valence-corrected chi connectivity index (χ1v) is 11.0. The number of nitrogens with zero attached hydrogens (tertiary/aromatic N) is 1. The third kappa shape index (κ3) is 7.66. The highest BCUT2D eigenvalue weighted by atomic mass is 32.2. The van der Waals surface area contributed by atoms with Gasteiger partial charge in [-0.3, -0.25) is 14.3 Å². The van der Waals surface area contributed by atoms with Crippen LogP contribution in [0, 0.1) is 0 Å². The number of aliphatic hydroxyl groups is 1. The van der Waals surface area contributed by atoms with Gasteiger partial charge in [-0.1, -0.05) is 12.1 Å². The van der Waals surface area contributed by atoms with E-state index in [2.05, 4.69) is 10.3 Å². The number of rotatable bonds is 7. The number of hydrogen-bond acceptors (Lipinski definition) is 7. The van der Waals surface area contributed by atoms with E-state index in [9.17, 15) is 18.3 Å². The Bertz CT molecular complexity index is 818. The molecule has 28 heavy (non-hydrogen) atoms. The molecule has 0 bridgehead atoms. The molecule has 1 aliphatic rings. The number of alkyl carbamates (subject to hydrolysis) is 1. The Morgan fingerprint density at radius 2 is 2.00 bits per heavy atom. The molecule has 1 unspecified atom stereocenters. The number of carbonyl (C=O) groups excluding carboxylic acids is 1. The minimum absolute atomic E-state index is 0.0638. The van der Waals surface area contributed by atoms with E-state index >= 15 is 0 Å². The standard InChI is InChI=1S/C17H25N3O6S2/c1-17(2,3)26-16(22)19-14(15-18-13(9-21)10-27-15)8-11-4-6-12(7-5-11)20-28(23,24)25/h4-7,13-14,20-21H,8-10H2,1-3H3,(H,19,22)(H,23,24,25)/t13?,14-/m0/s1. The largest absolute Gasteiger partial charge is 0.444 e. The Morgan fingerprint density at radius 1 is 1.36 bits per heavy atom. The number of aliphatic imine (C=N–C) groups is 1. The average molecular weight is 432 g/mol. The molecule has 2 atom stereocenters. The quantitative estimate of drug-likeness (QED) is 0.483. The minimum Gasteiger partial charge on any atom is -0.444 e. The van der Waals surface area contributed by atoms with Crippen LogP contribution >= 0.6 is 11.8 Å². The van der Waals surface area contributed by atoms with Gasteiger partial charge in [0.15, 0.2) is 0 Å². The van der Waals surface area contributed by atoms with E-state index in [1.54, 1.807) is 32.9 Å². The Balaban J connectivity index is 2.14. The summed E-state index contributed by atoms with van der Waals surface area (Å²) in [5.41, 5.74) is 0.393. The van der Waals surface area contributed by atoms with E-state index in [4.69, 9.17) is 9.29 Å². The highest BCUT2D eigenvalue weighted by molar-refractivity contribution is 8.14. The lowest BCUT2D eigenvalue weighted by molar-refractivity contribution is 0.0518. The summed E-state index contributed by atoms with van der Waals surface area (Å²) in [5.74, 6) is 0.634. The van der Waals surface area contributed by atoms with Gasteiger partial charge in [0.1, 0.15) is 5.60 Å². The number of anilines is 1. The molecule has 1 amide bonds. The van der Waals surface area contributed by atoms with Crippen LogP contribution in [-0.4, -0.2) is 59.3 Å². The fourth-order valence-electron chi connectivity index (χ4n) is 2.46. The van der Waals surface area contributed by atoms with Crippen molar-refractivity contribution in [3.8, 4) is 0 Å². The number of carbonyl (C=O) groups is 1. The molecular weight excluding hydrogens is 406 g/mol. The summed E-state index contributed by atoms with van der Waals surface area (Å²) >= 11 is 1.47. The maximum absolute atomic E-state index is 12.2. The van der Waals surface area contributed by atoms with Crippen LogP contribution in [0.2, 0.25) is 0 Å². The van der Waals surface area contributed by atoms with Gasteiger partial charge in [-0.05, 0) is 44.9 Å². The highest BCUT2D eigenvalue weighted by Crippen LogP contribution is 2.23. The number of ether oxygens (including phenoxy) is 1. The Hall–Kier alpha value is -1.82. The van der Waals surface area contributed by atoms with Crippen LogP contribution in [0.4, 0.5) is 10.5 Å². The highest BCUT2D eigenvalue weighted by Gasteiger charge is 2.28. The zero-order valence-electron chi connectivity index (χ0n) is 15.9. The van der Waals surface area contributed by atoms with Crippen molar-refractivity contribution in [2.24, 2.45) is 4.99 Å². The molecule has 0 aliphatic carbocycles. The van der Waals surface area contributed by atoms with Crippen LogP contribution < -0.4 is 10.0 Å². The molecular formula is C17H25N3O6S2. The van der Waals surface area contributed by atoms with Crippen molar-refractivity contribution in [2.45, 2.75) is 44.9 Å². The zero-order valence-corrected chi connectivity index (χ0v) is 17.5. The van der Waals surface area contributed by atoms with Gasteiger partial charge in [0.25, 0.3) is 0 Å². The first-order chi connectivity index (χ1) is 12.9. The molecule has 1 aromatic carbocycles. The Kier molecular flexibility index (Phi) is 7.32. The molecule has 1 aromatic rings. The van der Waals surface area contributed by atoms with Gasteiger partial charge in [0.2, 0.25) is 0 Å². The van der Waals surface area contributed by atoms with E-state index < -0.39 is 28.0 Å². The van der Waals surface area contributed by atoms with Crippen LogP contribution in [0.1, 0.15) is 26.3 Å². The number of thioether (sulfide) groups is 1. The van der Waals surface area contributed by atoms with Crippen molar-refractivity contribution in [1.82, 2.24) is 5.32 Å². The molecule has 156 valence electrons. The van der Waals surface area contributed by atoms with Crippen molar-refractivity contribution in [1.29, 1.82) is 0 Å². The maximum Gasteiger partial charge on any atom is 0.408 e. The predicted octanol–water partition coefficient (Wildman–Crippen LogP) is 1.84. The predicted molar refractivity (Wildman–Crippen MR) is 109 cm³/mol. The third-order valence-electron chi connectivity index (χ3n) is 3.57. The SMILES string of the molecule is CC(C)(C)OC(=O)N[C@@H](Cc1ccc(NS(=O)(=O)O)cc1)C1=NC(CO)CS1. The van der Waals surface area contributed by atoms with E-state index in [0.717, 1.165) is 5.56 Å². The number of aliphatic hydroxyl groups excluding tert-OH is 1. The lowest BCUT2D eigenvalue weighted by atomic mass is 10.1. The molecule has 1 aliphatic heterocycles. The first kappa shape index (κ1) is 22.5. The third-order valence-corrected chi connectivity index (χ3v) is 5.30. The molecule has 0 saturated carbocycles. The van der Waals surface area contributed by atoms with Crippen molar-refractivity contribution in [2.75, 3.05) is 17.1 Å². The van der Waals surface area contributed by atoms with Gasteiger partial charge >= 0.3 is 16.4 Å². The normalized spacial score (nSPS) is 18.3. The van der Waals surface area contributed by atoms with Gasteiger partial charge in [0.05, 0.1) is 29.4 Å². The number of hydrogen-bond donors (Lipinski definition) is 4. The van der Waals surface area contributed by atoms with Gasteiger partial charge in [0, 0.05) is 5.75 Å². The molecule has 9 nitrogen and oxygen atoms in total. The summed E-state index contributed by atoms with van der Waals surface area (Å²) in [6.07, 6.45) is -0.173. The van der Waals surface area contributed by atoms with E-state index in [1.807, 2.05) is 4.72 Å². The summed E-state index contributed by atoms with van der Waals surface area (Å²) in [5, 5.41) is 12.8. The number of benzene rings is 1. The van der Waals surface area contributed by atoms with E-state index in [-0.39, 0.29) is 18.3 Å². The second-order valence-corrected chi connectivity index (χ2v) is 9.49. The smallest absolute Gasteiger partial charge is 0.408 e. The van der Waals surface area contributed by atoms with Crippen LogP contribution in [-0.2, 0) is 21.5 Å². The molecule has 0 aromatic heterocycles. The van der Waals surface area contributed by atoms with Crippen molar-refractivity contribution >= 4 is 38.9 Å². The fourth-order valence-corrected chi connectivity index (χ4v) is 4.01. The molecule has 1 heterocycles. The van der Waals surface area contributed by atoms with Crippen molar-refractivity contribution in [3.63, 3.8) is 0 Å². The van der Waals surface area contributed by atoms with Crippen molar-refractivity contribution < 1.29 is 27.6 Å². The van der Waals surface area contributed by atoms with E-state index in [1.165, 1.54) is 23.9 Å². The van der Waals surface area contributed by atoms with Gasteiger partial charge in [-0.25, -0.2) is 4.79 Å². The Labute approximate surface area is 168 Å². The molecule has 4 N–H and O–H groups in total. The van der Waals surface area contributed by atoms with Crippen molar-refractivity contribution in [3.05, 3.63) is 29.8 Å². The van der Waals surface area contributed by atoms with Gasteiger partial charge in [-0.15, -0.1) is 11.8 Å². The lowest BCUT2D eigenvalue weighted by Crippen LogP contribution is -2.43.